The lowest BCUT2D eigenvalue weighted by Crippen LogP contribution is -2.18. The molecule has 0 amide bonds. The van der Waals surface area contributed by atoms with Crippen molar-refractivity contribution in [3.63, 3.8) is 0 Å². The summed E-state index contributed by atoms with van der Waals surface area (Å²) in [5.41, 5.74) is 7.92. The Balaban J connectivity index is 2.05. The van der Waals surface area contributed by atoms with Crippen LogP contribution in [0.3, 0.4) is 0 Å². The molecule has 0 unspecified atom stereocenters. The monoisotopic (exact) mass is 306 g/mol. The molecule has 2 aromatic rings. The van der Waals surface area contributed by atoms with Crippen LogP contribution in [0.1, 0.15) is 11.1 Å². The average molecular weight is 307 g/mol. The molecule has 0 atom stereocenters. The number of rotatable bonds is 4. The van der Waals surface area contributed by atoms with E-state index >= 15 is 0 Å². The van der Waals surface area contributed by atoms with Gasteiger partial charge in [-0.3, -0.25) is 0 Å². The second-order valence-corrected chi connectivity index (χ2v) is 4.99. The summed E-state index contributed by atoms with van der Waals surface area (Å²) in [6, 6.07) is 8.26. The van der Waals surface area contributed by atoms with Crippen molar-refractivity contribution in [3.8, 4) is 0 Å². The molecule has 0 fully saturated rings. The second kappa shape index (κ2) is 5.93. The van der Waals surface area contributed by atoms with Crippen LogP contribution in [0.25, 0.3) is 0 Å². The summed E-state index contributed by atoms with van der Waals surface area (Å²) < 4.78 is 0.881. The van der Waals surface area contributed by atoms with E-state index in [0.29, 0.717) is 12.5 Å². The Bertz CT molecular complexity index is 495. The van der Waals surface area contributed by atoms with Crippen LogP contribution in [0.4, 0.5) is 5.95 Å². The summed E-state index contributed by atoms with van der Waals surface area (Å²) in [6.45, 7) is 1.35. The maximum atomic E-state index is 5.57. The fourth-order valence-electron chi connectivity index (χ4n) is 1.63. The predicted molar refractivity (Wildman–Crippen MR) is 76.2 cm³/mol. The zero-order valence-electron chi connectivity index (χ0n) is 10.2. The van der Waals surface area contributed by atoms with Crippen LogP contribution >= 0.6 is 15.9 Å². The molecular formula is C13H15BrN4. The van der Waals surface area contributed by atoms with Crippen LogP contribution in [0.15, 0.2) is 41.1 Å². The number of anilines is 1. The average Bonchev–Trinajstić information content (AvgIpc) is 2.40. The summed E-state index contributed by atoms with van der Waals surface area (Å²) >= 11 is 3.32. The van der Waals surface area contributed by atoms with Gasteiger partial charge in [0.25, 0.3) is 0 Å². The van der Waals surface area contributed by atoms with E-state index in [9.17, 15) is 0 Å². The molecule has 0 saturated heterocycles. The van der Waals surface area contributed by atoms with Gasteiger partial charge in [0.1, 0.15) is 0 Å². The molecular weight excluding hydrogens is 292 g/mol. The summed E-state index contributed by atoms with van der Waals surface area (Å²) in [5, 5.41) is 0. The molecule has 18 heavy (non-hydrogen) atoms. The van der Waals surface area contributed by atoms with Crippen LogP contribution in [-0.2, 0) is 13.1 Å². The third kappa shape index (κ3) is 3.27. The Labute approximate surface area is 115 Å². The third-order valence-electron chi connectivity index (χ3n) is 2.63. The first kappa shape index (κ1) is 13.0. The molecule has 0 aliphatic rings. The molecule has 0 bridgehead atoms. The van der Waals surface area contributed by atoms with Gasteiger partial charge in [0.2, 0.25) is 5.95 Å². The van der Waals surface area contributed by atoms with Gasteiger partial charge in [-0.25, -0.2) is 9.97 Å². The molecule has 1 aromatic carbocycles. The Kier molecular flexibility index (Phi) is 4.28. The quantitative estimate of drug-likeness (QED) is 0.942. The Hall–Kier alpha value is -1.46. The topological polar surface area (TPSA) is 55.0 Å². The zero-order chi connectivity index (χ0) is 13.0. The molecule has 1 heterocycles. The SMILES string of the molecule is CN(Cc1ccc(CN)cc1)c1ncc(Br)cn1. The van der Waals surface area contributed by atoms with Gasteiger partial charge in [0, 0.05) is 32.5 Å². The minimum atomic E-state index is 0.575. The van der Waals surface area contributed by atoms with Crippen molar-refractivity contribution in [2.45, 2.75) is 13.1 Å². The molecule has 1 aromatic heterocycles. The molecule has 2 N–H and O–H groups in total. The standard InChI is InChI=1S/C13H15BrN4/c1-18(13-16-7-12(14)8-17-13)9-11-4-2-10(6-15)3-5-11/h2-5,7-8H,6,9,15H2,1H3. The first-order valence-corrected chi connectivity index (χ1v) is 6.45. The highest BCUT2D eigenvalue weighted by atomic mass is 79.9. The number of aromatic nitrogens is 2. The maximum Gasteiger partial charge on any atom is 0.225 e. The molecule has 94 valence electrons. The minimum absolute atomic E-state index is 0.575. The molecule has 0 spiro atoms. The van der Waals surface area contributed by atoms with Gasteiger partial charge in [0.05, 0.1) is 4.47 Å². The first-order chi connectivity index (χ1) is 8.69. The number of nitrogens with two attached hydrogens (primary N) is 1. The highest BCUT2D eigenvalue weighted by Gasteiger charge is 2.04. The lowest BCUT2D eigenvalue weighted by Gasteiger charge is -2.16. The highest BCUT2D eigenvalue weighted by Crippen LogP contribution is 2.13. The largest absolute Gasteiger partial charge is 0.340 e. The Morgan fingerprint density at radius 2 is 1.67 bits per heavy atom. The zero-order valence-corrected chi connectivity index (χ0v) is 11.8. The van der Waals surface area contributed by atoms with Crippen LogP contribution in [0, 0.1) is 0 Å². The molecule has 0 aliphatic heterocycles. The van der Waals surface area contributed by atoms with Crippen LogP contribution in [0.5, 0.6) is 0 Å². The minimum Gasteiger partial charge on any atom is -0.340 e. The fourth-order valence-corrected chi connectivity index (χ4v) is 1.83. The van der Waals surface area contributed by atoms with Crippen molar-refractivity contribution in [2.75, 3.05) is 11.9 Å². The van der Waals surface area contributed by atoms with E-state index in [4.69, 9.17) is 5.73 Å². The summed E-state index contributed by atoms with van der Waals surface area (Å²) in [6.07, 6.45) is 3.49. The van der Waals surface area contributed by atoms with Crippen LogP contribution < -0.4 is 10.6 Å². The number of hydrogen-bond donors (Lipinski definition) is 1. The molecule has 5 heteroatoms. The van der Waals surface area contributed by atoms with E-state index in [1.165, 1.54) is 5.56 Å². The fraction of sp³-hybridized carbons (Fsp3) is 0.231. The summed E-state index contributed by atoms with van der Waals surface area (Å²) in [7, 11) is 1.97. The van der Waals surface area contributed by atoms with E-state index in [1.54, 1.807) is 12.4 Å². The van der Waals surface area contributed by atoms with Crippen LogP contribution in [0.2, 0.25) is 0 Å². The maximum absolute atomic E-state index is 5.57. The molecule has 4 nitrogen and oxygen atoms in total. The van der Waals surface area contributed by atoms with Crippen molar-refractivity contribution in [1.29, 1.82) is 0 Å². The first-order valence-electron chi connectivity index (χ1n) is 5.65. The smallest absolute Gasteiger partial charge is 0.225 e. The molecule has 0 aliphatic carbocycles. The lowest BCUT2D eigenvalue weighted by molar-refractivity contribution is 0.863. The Morgan fingerprint density at radius 1 is 1.11 bits per heavy atom. The van der Waals surface area contributed by atoms with Gasteiger partial charge in [-0.2, -0.15) is 0 Å². The van der Waals surface area contributed by atoms with E-state index in [1.807, 2.05) is 24.1 Å². The van der Waals surface area contributed by atoms with Gasteiger partial charge in [0.15, 0.2) is 0 Å². The van der Waals surface area contributed by atoms with Gasteiger partial charge in [-0.05, 0) is 27.1 Å². The van der Waals surface area contributed by atoms with Gasteiger partial charge < -0.3 is 10.6 Å². The van der Waals surface area contributed by atoms with Crippen molar-refractivity contribution in [3.05, 3.63) is 52.3 Å². The number of benzene rings is 1. The lowest BCUT2D eigenvalue weighted by atomic mass is 10.1. The molecule has 2 rings (SSSR count). The third-order valence-corrected chi connectivity index (χ3v) is 3.04. The summed E-state index contributed by atoms with van der Waals surface area (Å²) in [5.74, 6) is 0.709. The molecule has 0 radical (unpaired) electrons. The van der Waals surface area contributed by atoms with Gasteiger partial charge in [-0.1, -0.05) is 24.3 Å². The Morgan fingerprint density at radius 3 is 2.22 bits per heavy atom. The van der Waals surface area contributed by atoms with Crippen molar-refractivity contribution >= 4 is 21.9 Å². The van der Waals surface area contributed by atoms with Crippen molar-refractivity contribution in [2.24, 2.45) is 5.73 Å². The van der Waals surface area contributed by atoms with Crippen molar-refractivity contribution < 1.29 is 0 Å². The second-order valence-electron chi connectivity index (χ2n) is 4.08. The van der Waals surface area contributed by atoms with E-state index < -0.39 is 0 Å². The van der Waals surface area contributed by atoms with E-state index in [-0.39, 0.29) is 0 Å². The van der Waals surface area contributed by atoms with E-state index in [0.717, 1.165) is 16.6 Å². The summed E-state index contributed by atoms with van der Waals surface area (Å²) in [4.78, 5) is 10.5. The molecule has 0 saturated carbocycles. The van der Waals surface area contributed by atoms with Gasteiger partial charge in [-0.15, -0.1) is 0 Å². The number of halogens is 1. The number of hydrogen-bond acceptors (Lipinski definition) is 4. The van der Waals surface area contributed by atoms with Crippen LogP contribution in [-0.4, -0.2) is 17.0 Å². The normalized spacial score (nSPS) is 10.4. The van der Waals surface area contributed by atoms with Crippen molar-refractivity contribution in [1.82, 2.24) is 9.97 Å². The van der Waals surface area contributed by atoms with E-state index in [2.05, 4.69) is 38.0 Å². The predicted octanol–water partition coefficient (Wildman–Crippen LogP) is 2.33. The number of nitrogens with zero attached hydrogens (tertiary/aromatic N) is 3. The highest BCUT2D eigenvalue weighted by molar-refractivity contribution is 9.10. The van der Waals surface area contributed by atoms with Gasteiger partial charge >= 0.3 is 0 Å².